The predicted octanol–water partition coefficient (Wildman–Crippen LogP) is 7.07. The lowest BCUT2D eigenvalue weighted by Crippen LogP contribution is -2.61. The summed E-state index contributed by atoms with van der Waals surface area (Å²) >= 11 is 0. The summed E-state index contributed by atoms with van der Waals surface area (Å²) in [5.74, 6) is 1.57. The molecule has 0 aromatic heterocycles. The van der Waals surface area contributed by atoms with Crippen LogP contribution in [0.3, 0.4) is 0 Å². The Morgan fingerprint density at radius 1 is 1.03 bits per heavy atom. The Morgan fingerprint density at radius 3 is 2.37 bits per heavy atom. The summed E-state index contributed by atoms with van der Waals surface area (Å²) in [6.07, 6.45) is 11.0. The van der Waals surface area contributed by atoms with Crippen LogP contribution in [-0.4, -0.2) is 29.8 Å². The van der Waals surface area contributed by atoms with Crippen LogP contribution in [0.5, 0.6) is 0 Å². The van der Waals surface area contributed by atoms with Gasteiger partial charge >= 0.3 is 5.97 Å². The van der Waals surface area contributed by atoms with Gasteiger partial charge in [-0.2, -0.15) is 0 Å². The van der Waals surface area contributed by atoms with E-state index in [0.717, 1.165) is 57.1 Å². The maximum Gasteiger partial charge on any atom is 0.308 e. The van der Waals surface area contributed by atoms with Gasteiger partial charge < -0.3 is 9.94 Å². The minimum absolute atomic E-state index is 0. The molecule has 9 unspecified atom stereocenters. The predicted molar refractivity (Wildman–Crippen MR) is 140 cm³/mol. The Morgan fingerprint density at radius 2 is 1.71 bits per heavy atom. The Balaban J connectivity index is 0.00000171. The molecule has 5 aliphatic rings. The van der Waals surface area contributed by atoms with Crippen molar-refractivity contribution >= 4 is 17.5 Å². The molecule has 0 heterocycles. The van der Waals surface area contributed by atoms with E-state index >= 15 is 0 Å². The molecule has 5 aliphatic carbocycles. The molecule has 0 saturated heterocycles. The van der Waals surface area contributed by atoms with Crippen molar-refractivity contribution in [3.63, 3.8) is 0 Å². The summed E-state index contributed by atoms with van der Waals surface area (Å²) < 4.78 is 5.11. The van der Waals surface area contributed by atoms with Crippen LogP contribution in [0.1, 0.15) is 100 Å². The number of carbonyl (C=O) groups excluding carboxylic acids is 2. The standard InChI is InChI=1S/C28H41NO4.2CH4/c1-16-19-8-12-28(4)20-7-11-26(2)10-6-17(25(31)33-5)14-21(26)18(20)15-23(30)24(28)27(19,3)13-9-22(16)29-32;;/h15-17,19-21,24,32H,6-14H2,1-5H3;2*1H4/b29-22+;;. The average molecular weight is 488 g/mol. The molecule has 0 bridgehead atoms. The fraction of sp³-hybridized carbons (Fsp3) is 0.833. The van der Waals surface area contributed by atoms with E-state index in [1.54, 1.807) is 0 Å². The number of methoxy groups -OCH3 is 1. The molecule has 0 spiro atoms. The summed E-state index contributed by atoms with van der Waals surface area (Å²) in [6, 6.07) is 0. The number of oxime groups is 1. The third kappa shape index (κ3) is 3.82. The molecule has 0 aromatic rings. The lowest BCUT2D eigenvalue weighted by Gasteiger charge is -2.65. The lowest BCUT2D eigenvalue weighted by molar-refractivity contribution is -0.155. The number of rotatable bonds is 1. The van der Waals surface area contributed by atoms with Crippen LogP contribution >= 0.6 is 0 Å². The van der Waals surface area contributed by atoms with Gasteiger partial charge in [0.05, 0.1) is 18.7 Å². The quantitative estimate of drug-likeness (QED) is 0.244. The Kier molecular flexibility index (Phi) is 7.45. The van der Waals surface area contributed by atoms with Gasteiger partial charge in [-0.25, -0.2) is 0 Å². The molecule has 0 amide bonds. The summed E-state index contributed by atoms with van der Waals surface area (Å²) in [7, 11) is 1.49. The SMILES string of the molecule is C.C.COC(=O)C1CCC2(C)CCC3C(=CC(=O)C4C3(C)CCC3C(C)/C(=N/O)CCC34C)C2C1. The number of allylic oxidation sites excluding steroid dienone is 2. The largest absolute Gasteiger partial charge is 0.469 e. The third-order valence-electron chi connectivity index (χ3n) is 11.5. The Labute approximate surface area is 213 Å². The van der Waals surface area contributed by atoms with Crippen molar-refractivity contribution in [3.8, 4) is 0 Å². The number of ether oxygens (including phenoxy) is 1. The van der Waals surface area contributed by atoms with E-state index < -0.39 is 0 Å². The fourth-order valence-electron chi connectivity index (χ4n) is 9.71. The van der Waals surface area contributed by atoms with Crippen molar-refractivity contribution < 1.29 is 19.5 Å². The van der Waals surface area contributed by atoms with Crippen LogP contribution in [0, 0.1) is 51.8 Å². The number of hydrogen-bond donors (Lipinski definition) is 1. The van der Waals surface area contributed by atoms with Crippen LogP contribution < -0.4 is 0 Å². The van der Waals surface area contributed by atoms with Gasteiger partial charge in [0.2, 0.25) is 0 Å². The number of esters is 1. The van der Waals surface area contributed by atoms with Crippen LogP contribution in [0.4, 0.5) is 0 Å². The van der Waals surface area contributed by atoms with E-state index in [-0.39, 0.29) is 54.8 Å². The van der Waals surface area contributed by atoms with E-state index in [4.69, 9.17) is 4.74 Å². The van der Waals surface area contributed by atoms with Crippen LogP contribution in [-0.2, 0) is 14.3 Å². The molecule has 5 nitrogen and oxygen atoms in total. The molecular weight excluding hydrogens is 438 g/mol. The highest BCUT2D eigenvalue weighted by Gasteiger charge is 2.64. The van der Waals surface area contributed by atoms with Crippen molar-refractivity contribution in [2.75, 3.05) is 7.11 Å². The first-order valence-corrected chi connectivity index (χ1v) is 13.1. The first-order valence-electron chi connectivity index (χ1n) is 13.1. The first kappa shape index (κ1) is 27.9. The highest BCUT2D eigenvalue weighted by atomic mass is 16.5. The van der Waals surface area contributed by atoms with Crippen LogP contribution in [0.25, 0.3) is 0 Å². The molecule has 4 fully saturated rings. The van der Waals surface area contributed by atoms with Gasteiger partial charge in [-0.3, -0.25) is 9.59 Å². The number of hydrogen-bond acceptors (Lipinski definition) is 5. The number of nitrogens with zero attached hydrogens (tertiary/aromatic N) is 1. The smallest absolute Gasteiger partial charge is 0.308 e. The first-order chi connectivity index (χ1) is 15.6. The zero-order valence-corrected chi connectivity index (χ0v) is 21.0. The maximum absolute atomic E-state index is 14.0. The summed E-state index contributed by atoms with van der Waals surface area (Å²) in [5.41, 5.74) is 2.36. The van der Waals surface area contributed by atoms with Gasteiger partial charge in [0, 0.05) is 11.8 Å². The summed E-state index contributed by atoms with van der Waals surface area (Å²) in [6.45, 7) is 9.33. The summed E-state index contributed by atoms with van der Waals surface area (Å²) in [4.78, 5) is 26.4. The van der Waals surface area contributed by atoms with Crippen molar-refractivity contribution in [2.45, 2.75) is 100 Å². The van der Waals surface area contributed by atoms with Crippen LogP contribution in [0.15, 0.2) is 16.8 Å². The van der Waals surface area contributed by atoms with Gasteiger partial charge in [0.25, 0.3) is 0 Å². The molecule has 5 heteroatoms. The Bertz CT molecular complexity index is 923. The van der Waals surface area contributed by atoms with Crippen molar-refractivity contribution in [2.24, 2.45) is 56.9 Å². The van der Waals surface area contributed by atoms with Crippen molar-refractivity contribution in [1.82, 2.24) is 0 Å². The molecule has 5 rings (SSSR count). The topological polar surface area (TPSA) is 76.0 Å². The third-order valence-corrected chi connectivity index (χ3v) is 11.5. The van der Waals surface area contributed by atoms with E-state index in [2.05, 4.69) is 32.9 Å². The van der Waals surface area contributed by atoms with Gasteiger partial charge in [0.1, 0.15) is 0 Å². The van der Waals surface area contributed by atoms with E-state index in [9.17, 15) is 14.8 Å². The molecule has 35 heavy (non-hydrogen) atoms. The van der Waals surface area contributed by atoms with Gasteiger partial charge in [-0.1, -0.05) is 53.3 Å². The molecule has 0 radical (unpaired) electrons. The van der Waals surface area contributed by atoms with E-state index in [1.165, 1.54) is 19.1 Å². The average Bonchev–Trinajstić information content (AvgIpc) is 2.77. The number of carbonyl (C=O) groups is 2. The lowest BCUT2D eigenvalue weighted by atomic mass is 9.38. The van der Waals surface area contributed by atoms with Gasteiger partial charge in [-0.05, 0) is 97.9 Å². The minimum atomic E-state index is -0.0865. The molecular formula is C30H49NO4. The minimum Gasteiger partial charge on any atom is -0.469 e. The molecule has 0 aliphatic heterocycles. The highest BCUT2D eigenvalue weighted by Crippen LogP contribution is 2.69. The monoisotopic (exact) mass is 487 g/mol. The fourth-order valence-corrected chi connectivity index (χ4v) is 9.71. The van der Waals surface area contributed by atoms with E-state index in [1.807, 2.05) is 6.08 Å². The molecule has 198 valence electrons. The normalized spacial score (nSPS) is 47.5. The molecule has 9 atom stereocenters. The number of ketones is 1. The molecule has 1 N–H and O–H groups in total. The van der Waals surface area contributed by atoms with Crippen LogP contribution in [0.2, 0.25) is 0 Å². The number of fused-ring (bicyclic) bond motifs is 7. The maximum atomic E-state index is 14.0. The van der Waals surface area contributed by atoms with Crippen molar-refractivity contribution in [1.29, 1.82) is 0 Å². The zero-order chi connectivity index (χ0) is 23.8. The van der Waals surface area contributed by atoms with Crippen molar-refractivity contribution in [3.05, 3.63) is 11.6 Å². The van der Waals surface area contributed by atoms with E-state index in [0.29, 0.717) is 23.5 Å². The second kappa shape index (κ2) is 9.34. The second-order valence-corrected chi connectivity index (χ2v) is 12.8. The van der Waals surface area contributed by atoms with Gasteiger partial charge in [0.15, 0.2) is 5.78 Å². The Hall–Kier alpha value is -1.65. The molecule has 4 saturated carbocycles. The van der Waals surface area contributed by atoms with Gasteiger partial charge in [-0.15, -0.1) is 0 Å². The molecule has 0 aromatic carbocycles. The highest BCUT2D eigenvalue weighted by molar-refractivity contribution is 5.96. The second-order valence-electron chi connectivity index (χ2n) is 12.8. The zero-order valence-electron chi connectivity index (χ0n) is 21.0. The summed E-state index contributed by atoms with van der Waals surface area (Å²) in [5, 5.41) is 13.1.